The van der Waals surface area contributed by atoms with Crippen LogP contribution in [0.2, 0.25) is 0 Å². The van der Waals surface area contributed by atoms with Gasteiger partial charge in [-0.05, 0) is 49.9 Å². The molecular formula is C19H19N5O3S. The summed E-state index contributed by atoms with van der Waals surface area (Å²) in [6.07, 6.45) is 9.46. The SMILES string of the molecule is O=S(=O)(c1cccnc1)N1C2CCC1CC(c1nc(-c3cccnc3)no1)C2. The van der Waals surface area contributed by atoms with Gasteiger partial charge in [0.1, 0.15) is 4.90 Å². The number of hydrogen-bond donors (Lipinski definition) is 0. The fourth-order valence-electron chi connectivity index (χ4n) is 4.36. The molecule has 0 saturated carbocycles. The molecular weight excluding hydrogens is 378 g/mol. The quantitative estimate of drug-likeness (QED) is 0.667. The van der Waals surface area contributed by atoms with E-state index in [9.17, 15) is 8.42 Å². The summed E-state index contributed by atoms with van der Waals surface area (Å²) in [6, 6.07) is 6.86. The number of piperidine rings is 1. The van der Waals surface area contributed by atoms with Gasteiger partial charge in [0.15, 0.2) is 0 Å². The zero-order valence-electron chi connectivity index (χ0n) is 15.0. The minimum Gasteiger partial charge on any atom is -0.339 e. The molecule has 28 heavy (non-hydrogen) atoms. The van der Waals surface area contributed by atoms with Crippen molar-refractivity contribution in [3.05, 3.63) is 54.9 Å². The van der Waals surface area contributed by atoms with E-state index in [4.69, 9.17) is 4.52 Å². The van der Waals surface area contributed by atoms with E-state index in [0.29, 0.717) is 24.6 Å². The highest BCUT2D eigenvalue weighted by atomic mass is 32.2. The van der Waals surface area contributed by atoms with Gasteiger partial charge >= 0.3 is 0 Å². The van der Waals surface area contributed by atoms with E-state index in [1.165, 1.54) is 6.20 Å². The lowest BCUT2D eigenvalue weighted by molar-refractivity contribution is 0.202. The van der Waals surface area contributed by atoms with Gasteiger partial charge in [0, 0.05) is 48.4 Å². The lowest BCUT2D eigenvalue weighted by atomic mass is 9.92. The van der Waals surface area contributed by atoms with Crippen LogP contribution in [0.3, 0.4) is 0 Å². The van der Waals surface area contributed by atoms with Crippen molar-refractivity contribution in [1.29, 1.82) is 0 Å². The number of fused-ring (bicyclic) bond motifs is 2. The Morgan fingerprint density at radius 3 is 2.36 bits per heavy atom. The molecule has 2 fully saturated rings. The van der Waals surface area contributed by atoms with Gasteiger partial charge in [-0.15, -0.1) is 0 Å². The molecule has 0 aromatic carbocycles. The van der Waals surface area contributed by atoms with Crippen molar-refractivity contribution in [2.75, 3.05) is 0 Å². The number of pyridine rings is 2. The van der Waals surface area contributed by atoms with E-state index in [-0.39, 0.29) is 22.9 Å². The summed E-state index contributed by atoms with van der Waals surface area (Å²) in [6.45, 7) is 0. The Morgan fingerprint density at radius 2 is 1.71 bits per heavy atom. The molecule has 2 saturated heterocycles. The maximum Gasteiger partial charge on any atom is 0.245 e. The lowest BCUT2D eigenvalue weighted by Gasteiger charge is -2.36. The van der Waals surface area contributed by atoms with Gasteiger partial charge in [-0.2, -0.15) is 9.29 Å². The minimum absolute atomic E-state index is 0.0531. The first kappa shape index (κ1) is 17.4. The zero-order valence-corrected chi connectivity index (χ0v) is 15.9. The molecule has 2 unspecified atom stereocenters. The minimum atomic E-state index is -3.55. The number of aromatic nitrogens is 4. The van der Waals surface area contributed by atoms with Gasteiger partial charge < -0.3 is 4.52 Å². The van der Waals surface area contributed by atoms with Crippen molar-refractivity contribution in [2.24, 2.45) is 0 Å². The first-order valence-electron chi connectivity index (χ1n) is 9.30. The Morgan fingerprint density at radius 1 is 1.00 bits per heavy atom. The highest BCUT2D eigenvalue weighted by Crippen LogP contribution is 2.45. The molecule has 0 spiro atoms. The highest BCUT2D eigenvalue weighted by molar-refractivity contribution is 7.89. The van der Waals surface area contributed by atoms with Gasteiger partial charge in [0.05, 0.1) is 0 Å². The van der Waals surface area contributed by atoms with E-state index < -0.39 is 10.0 Å². The smallest absolute Gasteiger partial charge is 0.245 e. The predicted molar refractivity (Wildman–Crippen MR) is 99.6 cm³/mol. The molecule has 2 aliphatic heterocycles. The van der Waals surface area contributed by atoms with Crippen molar-refractivity contribution in [1.82, 2.24) is 24.4 Å². The van der Waals surface area contributed by atoms with Crippen LogP contribution in [0.15, 0.2) is 58.5 Å². The first-order chi connectivity index (χ1) is 13.6. The molecule has 9 heteroatoms. The van der Waals surface area contributed by atoms with E-state index in [1.54, 1.807) is 35.0 Å². The lowest BCUT2D eigenvalue weighted by Crippen LogP contribution is -2.46. The fourth-order valence-corrected chi connectivity index (χ4v) is 6.22. The second-order valence-electron chi connectivity index (χ2n) is 7.27. The second-order valence-corrected chi connectivity index (χ2v) is 9.12. The molecule has 0 radical (unpaired) electrons. The van der Waals surface area contributed by atoms with Crippen molar-refractivity contribution < 1.29 is 12.9 Å². The molecule has 8 nitrogen and oxygen atoms in total. The van der Waals surface area contributed by atoms with E-state index in [0.717, 1.165) is 18.4 Å². The molecule has 0 amide bonds. The standard InChI is InChI=1S/C19H19N5O3S/c25-28(26,17-4-2-8-21-12-17)24-15-5-6-16(24)10-14(9-15)19-22-18(23-27-19)13-3-1-7-20-11-13/h1-4,7-8,11-12,14-16H,5-6,9-10H2. The Balaban J connectivity index is 1.39. The van der Waals surface area contributed by atoms with Crippen molar-refractivity contribution in [3.8, 4) is 11.4 Å². The Hall–Kier alpha value is -2.65. The number of rotatable bonds is 4. The Kier molecular flexibility index (Phi) is 4.21. The summed E-state index contributed by atoms with van der Waals surface area (Å²) in [7, 11) is -3.55. The third kappa shape index (κ3) is 2.91. The summed E-state index contributed by atoms with van der Waals surface area (Å²) in [5, 5.41) is 4.08. The Labute approximate surface area is 162 Å². The van der Waals surface area contributed by atoms with Gasteiger partial charge in [0.2, 0.25) is 21.7 Å². The average Bonchev–Trinajstić information content (AvgIpc) is 3.33. The topological polar surface area (TPSA) is 102 Å². The van der Waals surface area contributed by atoms with Crippen molar-refractivity contribution >= 4 is 10.0 Å². The van der Waals surface area contributed by atoms with Crippen LogP contribution in [-0.2, 0) is 10.0 Å². The number of hydrogen-bond acceptors (Lipinski definition) is 7. The Bertz CT molecular complexity index is 1060. The third-order valence-corrected chi connectivity index (χ3v) is 7.58. The summed E-state index contributed by atoms with van der Waals surface area (Å²) in [4.78, 5) is 12.9. The van der Waals surface area contributed by atoms with E-state index >= 15 is 0 Å². The van der Waals surface area contributed by atoms with Gasteiger partial charge in [-0.25, -0.2) is 8.42 Å². The number of nitrogens with zero attached hydrogens (tertiary/aromatic N) is 5. The molecule has 5 heterocycles. The van der Waals surface area contributed by atoms with Gasteiger partial charge in [-0.3, -0.25) is 9.97 Å². The maximum atomic E-state index is 13.1. The normalized spacial score (nSPS) is 25.1. The first-order valence-corrected chi connectivity index (χ1v) is 10.7. The fraction of sp³-hybridized carbons (Fsp3) is 0.368. The van der Waals surface area contributed by atoms with Crippen LogP contribution in [0.25, 0.3) is 11.4 Å². The van der Waals surface area contributed by atoms with Crippen molar-refractivity contribution in [2.45, 2.75) is 48.6 Å². The van der Waals surface area contributed by atoms with Crippen LogP contribution < -0.4 is 0 Å². The zero-order chi connectivity index (χ0) is 19.1. The van der Waals surface area contributed by atoms with Crippen molar-refractivity contribution in [3.63, 3.8) is 0 Å². The molecule has 5 rings (SSSR count). The van der Waals surface area contributed by atoms with E-state index in [2.05, 4.69) is 20.1 Å². The summed E-state index contributed by atoms with van der Waals surface area (Å²) >= 11 is 0. The summed E-state index contributed by atoms with van der Waals surface area (Å²) in [5.41, 5.74) is 0.803. The van der Waals surface area contributed by atoms with Crippen LogP contribution in [0, 0.1) is 0 Å². The van der Waals surface area contributed by atoms with Crippen LogP contribution in [0.4, 0.5) is 0 Å². The summed E-state index contributed by atoms with van der Waals surface area (Å²) < 4.78 is 33.4. The van der Waals surface area contributed by atoms with E-state index in [1.807, 2.05) is 12.1 Å². The molecule has 144 valence electrons. The predicted octanol–water partition coefficient (Wildman–Crippen LogP) is 2.63. The van der Waals surface area contributed by atoms with Crippen LogP contribution in [0.5, 0.6) is 0 Å². The van der Waals surface area contributed by atoms with Crippen LogP contribution >= 0.6 is 0 Å². The molecule has 2 atom stereocenters. The second kappa shape index (κ2) is 6.75. The molecule has 0 aliphatic carbocycles. The molecule has 0 N–H and O–H groups in total. The van der Waals surface area contributed by atoms with Crippen LogP contribution in [0.1, 0.15) is 37.5 Å². The van der Waals surface area contributed by atoms with Crippen LogP contribution in [-0.4, -0.2) is 44.9 Å². The molecule has 3 aromatic rings. The van der Waals surface area contributed by atoms with Gasteiger partial charge in [0.25, 0.3) is 0 Å². The largest absolute Gasteiger partial charge is 0.339 e. The molecule has 2 bridgehead atoms. The average molecular weight is 397 g/mol. The maximum absolute atomic E-state index is 13.1. The monoisotopic (exact) mass is 397 g/mol. The highest BCUT2D eigenvalue weighted by Gasteiger charge is 2.48. The number of sulfonamides is 1. The molecule has 3 aromatic heterocycles. The third-order valence-electron chi connectivity index (χ3n) is 5.59. The van der Waals surface area contributed by atoms with Gasteiger partial charge in [-0.1, -0.05) is 5.16 Å². The molecule has 2 aliphatic rings. The summed E-state index contributed by atoms with van der Waals surface area (Å²) in [5.74, 6) is 1.16.